The summed E-state index contributed by atoms with van der Waals surface area (Å²) in [4.78, 5) is 21.3. The molecule has 0 aromatic carbocycles. The lowest BCUT2D eigenvalue weighted by atomic mass is 9.79. The first-order valence-corrected chi connectivity index (χ1v) is 10.9. The van der Waals surface area contributed by atoms with E-state index in [1.54, 1.807) is 4.90 Å². The van der Waals surface area contributed by atoms with Crippen LogP contribution < -0.4 is 4.90 Å². The largest absolute Gasteiger partial charge is 0.444 e. The summed E-state index contributed by atoms with van der Waals surface area (Å²) in [7, 11) is 0. The van der Waals surface area contributed by atoms with Gasteiger partial charge in [-0.05, 0) is 57.9 Å². The van der Waals surface area contributed by atoms with E-state index in [0.29, 0.717) is 35.5 Å². The molecule has 4 aliphatic rings. The molecule has 5 rings (SSSR count). The van der Waals surface area contributed by atoms with Gasteiger partial charge in [0.1, 0.15) is 23.1 Å². The van der Waals surface area contributed by atoms with Crippen molar-refractivity contribution >= 4 is 23.5 Å². The third-order valence-electron chi connectivity index (χ3n) is 6.96. The van der Waals surface area contributed by atoms with E-state index in [2.05, 4.69) is 11.0 Å². The molecule has 2 atom stereocenters. The van der Waals surface area contributed by atoms with Gasteiger partial charge in [-0.3, -0.25) is 0 Å². The van der Waals surface area contributed by atoms with Gasteiger partial charge in [-0.25, -0.2) is 9.78 Å². The second-order valence-corrected chi connectivity index (χ2v) is 10.6. The lowest BCUT2D eigenvalue weighted by Crippen LogP contribution is -2.60. The average Bonchev–Trinajstić information content (AvgIpc) is 3.33. The molecule has 6 nitrogen and oxygen atoms in total. The maximum atomic E-state index is 12.3. The van der Waals surface area contributed by atoms with Gasteiger partial charge in [0.05, 0.1) is 10.7 Å². The van der Waals surface area contributed by atoms with Gasteiger partial charge in [0.25, 0.3) is 0 Å². The van der Waals surface area contributed by atoms with Gasteiger partial charge in [0.15, 0.2) is 0 Å². The summed E-state index contributed by atoms with van der Waals surface area (Å²) in [5, 5.41) is 10.4. The molecule has 3 fully saturated rings. The summed E-state index contributed by atoms with van der Waals surface area (Å²) < 4.78 is 5.49. The lowest BCUT2D eigenvalue weighted by molar-refractivity contribution is -0.0266. The number of ether oxygens (including phenoxy) is 1. The van der Waals surface area contributed by atoms with Crippen LogP contribution in [-0.2, 0) is 4.74 Å². The minimum Gasteiger partial charge on any atom is -0.444 e. The molecule has 1 aromatic heterocycles. The Hall–Kier alpha value is -2.00. The fourth-order valence-electron chi connectivity index (χ4n) is 5.69. The number of rotatable bonds is 1. The van der Waals surface area contributed by atoms with Crippen molar-refractivity contribution < 1.29 is 9.53 Å². The Balaban J connectivity index is 1.35. The predicted molar refractivity (Wildman–Crippen MR) is 110 cm³/mol. The fourth-order valence-corrected chi connectivity index (χ4v) is 6.07. The van der Waals surface area contributed by atoms with Gasteiger partial charge in [-0.1, -0.05) is 11.6 Å². The number of nitriles is 1. The number of fused-ring (bicyclic) bond motifs is 5. The number of anilines is 1. The Morgan fingerprint density at radius 2 is 2.00 bits per heavy atom. The van der Waals surface area contributed by atoms with Crippen molar-refractivity contribution in [3.63, 3.8) is 0 Å². The maximum absolute atomic E-state index is 12.3. The highest BCUT2D eigenvalue weighted by Crippen LogP contribution is 2.56. The topological polar surface area (TPSA) is 69.5 Å². The van der Waals surface area contributed by atoms with E-state index < -0.39 is 5.60 Å². The maximum Gasteiger partial charge on any atom is 0.410 e. The zero-order valence-corrected chi connectivity index (χ0v) is 18.1. The number of carbonyl (C=O) groups is 1. The van der Waals surface area contributed by atoms with Crippen LogP contribution in [0, 0.1) is 16.7 Å². The number of pyridine rings is 1. The van der Waals surface area contributed by atoms with Gasteiger partial charge < -0.3 is 14.5 Å². The van der Waals surface area contributed by atoms with Crippen LogP contribution in [0.4, 0.5) is 10.6 Å². The molecule has 2 aliphatic heterocycles. The zero-order chi connectivity index (χ0) is 20.6. The quantitative estimate of drug-likeness (QED) is 0.680. The van der Waals surface area contributed by atoms with Gasteiger partial charge in [0.2, 0.25) is 0 Å². The van der Waals surface area contributed by atoms with E-state index in [4.69, 9.17) is 21.3 Å². The van der Waals surface area contributed by atoms with Gasteiger partial charge in [0, 0.05) is 37.5 Å². The molecule has 1 spiro atoms. The van der Waals surface area contributed by atoms with Crippen LogP contribution in [0.3, 0.4) is 0 Å². The molecular weight excluding hydrogens is 388 g/mol. The molecule has 0 N–H and O–H groups in total. The molecule has 1 amide bonds. The van der Waals surface area contributed by atoms with E-state index >= 15 is 0 Å². The number of amides is 1. The van der Waals surface area contributed by atoms with Gasteiger partial charge >= 0.3 is 6.09 Å². The monoisotopic (exact) mass is 414 g/mol. The first-order chi connectivity index (χ1) is 13.7. The number of carbonyl (C=O) groups excluding carboxylic acids is 1. The molecule has 0 radical (unpaired) electrons. The first-order valence-electron chi connectivity index (χ1n) is 10.6. The van der Waals surface area contributed by atoms with Gasteiger partial charge in [-0.15, -0.1) is 0 Å². The molecule has 0 unspecified atom stereocenters. The third-order valence-corrected chi connectivity index (χ3v) is 7.36. The number of hydrogen-bond acceptors (Lipinski definition) is 5. The second-order valence-electron chi connectivity index (χ2n) is 10.2. The summed E-state index contributed by atoms with van der Waals surface area (Å²) in [6, 6.07) is 2.33. The van der Waals surface area contributed by atoms with Crippen LogP contribution in [0.25, 0.3) is 0 Å². The number of likely N-dealkylation sites (tertiary alicyclic amines) is 1. The molecule has 2 bridgehead atoms. The lowest BCUT2D eigenvalue weighted by Gasteiger charge is -2.47. The Morgan fingerprint density at radius 3 is 2.69 bits per heavy atom. The molecule has 2 saturated heterocycles. The Labute approximate surface area is 176 Å². The van der Waals surface area contributed by atoms with E-state index in [9.17, 15) is 10.1 Å². The minimum absolute atomic E-state index is 0.0653. The third kappa shape index (κ3) is 2.97. The molecule has 7 heteroatoms. The molecule has 3 heterocycles. The van der Waals surface area contributed by atoms with Gasteiger partial charge in [-0.2, -0.15) is 5.26 Å². The number of aromatic nitrogens is 1. The normalized spacial score (nSPS) is 26.4. The zero-order valence-electron chi connectivity index (χ0n) is 17.3. The Bertz CT molecular complexity index is 926. The van der Waals surface area contributed by atoms with Crippen molar-refractivity contribution in [2.75, 3.05) is 31.1 Å². The van der Waals surface area contributed by atoms with E-state index in [1.165, 1.54) is 6.42 Å². The Morgan fingerprint density at radius 1 is 1.28 bits per heavy atom. The summed E-state index contributed by atoms with van der Waals surface area (Å²) in [6.45, 7) is 8.70. The predicted octanol–water partition coefficient (Wildman–Crippen LogP) is 4.42. The van der Waals surface area contributed by atoms with Crippen LogP contribution in [0.1, 0.15) is 75.1 Å². The summed E-state index contributed by atoms with van der Waals surface area (Å²) in [6.07, 6.45) is 4.22. The number of hydrogen-bond donors (Lipinski definition) is 0. The average molecular weight is 415 g/mol. The molecule has 2 aliphatic carbocycles. The number of nitrogens with zero attached hydrogens (tertiary/aromatic N) is 4. The Kier molecular flexibility index (Phi) is 4.09. The minimum atomic E-state index is -0.478. The smallest absolute Gasteiger partial charge is 0.410 e. The van der Waals surface area contributed by atoms with E-state index in [1.807, 2.05) is 20.8 Å². The van der Waals surface area contributed by atoms with Crippen molar-refractivity contribution in [3.8, 4) is 6.07 Å². The molecule has 29 heavy (non-hydrogen) atoms. The SMILES string of the molecule is CC(C)(C)OC(=O)N1CC2(CCN(c3nc4c(c(Cl)c3C#N)[C@@H]3CC[C@H]4C3)C2)C1. The van der Waals surface area contributed by atoms with E-state index in [-0.39, 0.29) is 11.5 Å². The fraction of sp³-hybridized carbons (Fsp3) is 0.682. The van der Waals surface area contributed by atoms with Crippen LogP contribution in [-0.4, -0.2) is 47.8 Å². The van der Waals surface area contributed by atoms with Crippen molar-refractivity contribution in [2.24, 2.45) is 5.41 Å². The van der Waals surface area contributed by atoms with Crippen molar-refractivity contribution in [3.05, 3.63) is 21.8 Å². The summed E-state index contributed by atoms with van der Waals surface area (Å²) in [5.41, 5.74) is 2.38. The summed E-state index contributed by atoms with van der Waals surface area (Å²) in [5.74, 6) is 1.73. The molecular formula is C22H27ClN4O2. The van der Waals surface area contributed by atoms with E-state index in [0.717, 1.165) is 49.4 Å². The van der Waals surface area contributed by atoms with Crippen molar-refractivity contribution in [1.29, 1.82) is 5.26 Å². The highest BCUT2D eigenvalue weighted by atomic mass is 35.5. The standard InChI is InChI=1S/C22H27ClN4O2/c1-21(2,3)29-20(28)27-11-22(12-27)6-7-26(10-22)19-15(9-24)17(23)16-13-4-5-14(8-13)18(16)25-19/h13-14H,4-8,10-12H2,1-3H3/t13-,14+/m1/s1. The summed E-state index contributed by atoms with van der Waals surface area (Å²) >= 11 is 6.72. The molecule has 1 aromatic rings. The highest BCUT2D eigenvalue weighted by molar-refractivity contribution is 6.33. The van der Waals surface area contributed by atoms with Crippen molar-refractivity contribution in [2.45, 2.75) is 63.9 Å². The van der Waals surface area contributed by atoms with Crippen LogP contribution in [0.5, 0.6) is 0 Å². The molecule has 1 saturated carbocycles. The van der Waals surface area contributed by atoms with Crippen molar-refractivity contribution in [1.82, 2.24) is 9.88 Å². The number of halogens is 1. The molecule has 154 valence electrons. The second kappa shape index (κ2) is 6.25. The van der Waals surface area contributed by atoms with Crippen LogP contribution in [0.2, 0.25) is 5.02 Å². The van der Waals surface area contributed by atoms with Crippen LogP contribution in [0.15, 0.2) is 0 Å². The van der Waals surface area contributed by atoms with Crippen LogP contribution >= 0.6 is 11.6 Å². The first kappa shape index (κ1) is 19.0. The highest BCUT2D eigenvalue weighted by Gasteiger charge is 2.51.